The van der Waals surface area contributed by atoms with Crippen molar-refractivity contribution in [2.75, 3.05) is 0 Å². The topological polar surface area (TPSA) is 86.6 Å². The minimum absolute atomic E-state index is 0.0562. The van der Waals surface area contributed by atoms with E-state index in [4.69, 9.17) is 5.11 Å². The van der Waals surface area contributed by atoms with E-state index in [2.05, 4.69) is 5.32 Å². The van der Waals surface area contributed by atoms with Gasteiger partial charge in [-0.05, 0) is 18.2 Å². The maximum absolute atomic E-state index is 11.8. The number of benzene rings is 2. The zero-order valence-electron chi connectivity index (χ0n) is 10.5. The normalized spacial score (nSPS) is 10.0. The summed E-state index contributed by atoms with van der Waals surface area (Å²) < 4.78 is 0. The van der Waals surface area contributed by atoms with Crippen LogP contribution in [0.4, 0.5) is 0 Å². The number of aromatic carboxylic acids is 1. The summed E-state index contributed by atoms with van der Waals surface area (Å²) in [6, 6.07) is 13.0. The first-order valence-corrected chi connectivity index (χ1v) is 5.97. The van der Waals surface area contributed by atoms with Gasteiger partial charge in [-0.1, -0.05) is 30.3 Å². The number of amides is 1. The van der Waals surface area contributed by atoms with E-state index >= 15 is 0 Å². The fraction of sp³-hybridized carbons (Fsp3) is 0.0667. The molecule has 0 fully saturated rings. The first kappa shape index (κ1) is 13.6. The van der Waals surface area contributed by atoms with Gasteiger partial charge in [-0.15, -0.1) is 0 Å². The van der Waals surface area contributed by atoms with Crippen LogP contribution in [0.2, 0.25) is 0 Å². The molecule has 0 radical (unpaired) electrons. The van der Waals surface area contributed by atoms with Gasteiger partial charge in [0.15, 0.2) is 0 Å². The summed E-state index contributed by atoms with van der Waals surface area (Å²) in [6.45, 7) is 0.0562. The molecule has 0 unspecified atom stereocenters. The molecule has 1 amide bonds. The lowest BCUT2D eigenvalue weighted by Crippen LogP contribution is -2.22. The molecule has 0 atom stereocenters. The molecular weight excluding hydrogens is 258 g/mol. The van der Waals surface area contributed by atoms with Gasteiger partial charge in [-0.3, -0.25) is 4.79 Å². The summed E-state index contributed by atoms with van der Waals surface area (Å²) in [4.78, 5) is 22.7. The molecule has 3 N–H and O–H groups in total. The van der Waals surface area contributed by atoms with Gasteiger partial charge in [-0.2, -0.15) is 0 Å². The molecule has 0 saturated heterocycles. The molecule has 0 bridgehead atoms. The van der Waals surface area contributed by atoms with E-state index in [-0.39, 0.29) is 23.8 Å². The Labute approximate surface area is 115 Å². The van der Waals surface area contributed by atoms with Crippen LogP contribution in [-0.4, -0.2) is 22.1 Å². The summed E-state index contributed by atoms with van der Waals surface area (Å²) in [6.07, 6.45) is 0. The van der Waals surface area contributed by atoms with Crippen LogP contribution < -0.4 is 5.32 Å². The van der Waals surface area contributed by atoms with E-state index < -0.39 is 5.97 Å². The van der Waals surface area contributed by atoms with E-state index in [0.29, 0.717) is 11.1 Å². The Hall–Kier alpha value is -2.82. The molecule has 0 spiro atoms. The second kappa shape index (κ2) is 5.88. The number of hydrogen-bond acceptors (Lipinski definition) is 3. The molecule has 20 heavy (non-hydrogen) atoms. The van der Waals surface area contributed by atoms with Crippen LogP contribution in [0.15, 0.2) is 48.5 Å². The quantitative estimate of drug-likeness (QED) is 0.794. The molecule has 0 aliphatic carbocycles. The molecule has 5 nitrogen and oxygen atoms in total. The number of aromatic hydroxyl groups is 1. The van der Waals surface area contributed by atoms with Crippen molar-refractivity contribution >= 4 is 11.9 Å². The van der Waals surface area contributed by atoms with Crippen LogP contribution >= 0.6 is 0 Å². The number of carboxylic acids is 1. The van der Waals surface area contributed by atoms with Gasteiger partial charge in [0.1, 0.15) is 11.3 Å². The van der Waals surface area contributed by atoms with Crippen molar-refractivity contribution in [2.45, 2.75) is 6.54 Å². The number of phenols is 1. The largest absolute Gasteiger partial charge is 0.507 e. The summed E-state index contributed by atoms with van der Waals surface area (Å²) in [5, 5.41) is 21.3. The number of carbonyl (C=O) groups excluding carboxylic acids is 1. The third kappa shape index (κ3) is 2.95. The minimum Gasteiger partial charge on any atom is -0.507 e. The number of para-hydroxylation sites is 1. The second-order valence-electron chi connectivity index (χ2n) is 4.17. The monoisotopic (exact) mass is 271 g/mol. The van der Waals surface area contributed by atoms with Gasteiger partial charge in [0.2, 0.25) is 0 Å². The summed E-state index contributed by atoms with van der Waals surface area (Å²) >= 11 is 0. The van der Waals surface area contributed by atoms with Gasteiger partial charge in [0, 0.05) is 17.7 Å². The first-order valence-electron chi connectivity index (χ1n) is 5.97. The highest BCUT2D eigenvalue weighted by Gasteiger charge is 2.13. The fourth-order valence-electron chi connectivity index (χ4n) is 1.77. The van der Waals surface area contributed by atoms with E-state index in [9.17, 15) is 14.7 Å². The molecule has 102 valence electrons. The van der Waals surface area contributed by atoms with Crippen molar-refractivity contribution in [1.82, 2.24) is 5.32 Å². The number of nitrogens with one attached hydrogen (secondary N) is 1. The van der Waals surface area contributed by atoms with Crippen LogP contribution in [0, 0.1) is 0 Å². The van der Waals surface area contributed by atoms with Gasteiger partial charge in [0.05, 0.1) is 0 Å². The van der Waals surface area contributed by atoms with Crippen LogP contribution in [0.3, 0.4) is 0 Å². The molecule has 0 saturated carbocycles. The summed E-state index contributed by atoms with van der Waals surface area (Å²) in [7, 11) is 0. The Morgan fingerprint density at radius 2 is 1.70 bits per heavy atom. The highest BCUT2D eigenvalue weighted by Crippen LogP contribution is 2.22. The molecule has 2 rings (SSSR count). The Morgan fingerprint density at radius 3 is 2.35 bits per heavy atom. The zero-order valence-corrected chi connectivity index (χ0v) is 10.5. The van der Waals surface area contributed by atoms with Crippen LogP contribution in [0.25, 0.3) is 0 Å². The highest BCUT2D eigenvalue weighted by molar-refractivity contribution is 5.94. The van der Waals surface area contributed by atoms with Crippen LogP contribution in [0.1, 0.15) is 26.3 Å². The third-order valence-corrected chi connectivity index (χ3v) is 2.83. The number of hydrogen-bond donors (Lipinski definition) is 3. The summed E-state index contributed by atoms with van der Waals surface area (Å²) in [5.41, 5.74) is 0.673. The van der Waals surface area contributed by atoms with Crippen LogP contribution in [-0.2, 0) is 6.54 Å². The van der Waals surface area contributed by atoms with Crippen molar-refractivity contribution in [3.05, 3.63) is 65.2 Å². The Bertz CT molecular complexity index is 638. The van der Waals surface area contributed by atoms with Crippen molar-refractivity contribution in [3.63, 3.8) is 0 Å². The second-order valence-corrected chi connectivity index (χ2v) is 4.17. The SMILES string of the molecule is O=C(NCc1cccc(C(=O)O)c1O)c1ccccc1. The van der Waals surface area contributed by atoms with Gasteiger partial charge in [-0.25, -0.2) is 4.79 Å². The molecular formula is C15H13NO4. The van der Waals surface area contributed by atoms with E-state index in [1.807, 2.05) is 0 Å². The third-order valence-electron chi connectivity index (χ3n) is 2.83. The summed E-state index contributed by atoms with van der Waals surface area (Å²) in [5.74, 6) is -1.82. The molecule has 2 aromatic carbocycles. The van der Waals surface area contributed by atoms with Crippen molar-refractivity contribution in [2.24, 2.45) is 0 Å². The van der Waals surface area contributed by atoms with Crippen molar-refractivity contribution in [1.29, 1.82) is 0 Å². The number of carboxylic acid groups (broad SMARTS) is 1. The predicted octanol–water partition coefficient (Wildman–Crippen LogP) is 2.02. The van der Waals surface area contributed by atoms with Gasteiger partial charge < -0.3 is 15.5 Å². The Balaban J connectivity index is 2.10. The predicted molar refractivity (Wildman–Crippen MR) is 72.7 cm³/mol. The van der Waals surface area contributed by atoms with Gasteiger partial charge >= 0.3 is 5.97 Å². The molecule has 0 aliphatic rings. The molecule has 0 aromatic heterocycles. The van der Waals surface area contributed by atoms with Crippen LogP contribution in [0.5, 0.6) is 5.75 Å². The molecule has 0 aliphatic heterocycles. The van der Waals surface area contributed by atoms with Crippen molar-refractivity contribution in [3.8, 4) is 5.75 Å². The fourth-order valence-corrected chi connectivity index (χ4v) is 1.77. The molecule has 2 aromatic rings. The Kier molecular flexibility index (Phi) is 4.00. The first-order chi connectivity index (χ1) is 9.59. The van der Waals surface area contributed by atoms with Crippen molar-refractivity contribution < 1.29 is 19.8 Å². The lowest BCUT2D eigenvalue weighted by atomic mass is 10.1. The van der Waals surface area contributed by atoms with E-state index in [0.717, 1.165) is 0 Å². The van der Waals surface area contributed by atoms with E-state index in [1.54, 1.807) is 36.4 Å². The molecule has 5 heteroatoms. The number of carbonyl (C=O) groups is 2. The minimum atomic E-state index is -1.21. The lowest BCUT2D eigenvalue weighted by Gasteiger charge is -2.08. The molecule has 0 heterocycles. The lowest BCUT2D eigenvalue weighted by molar-refractivity contribution is 0.0693. The maximum atomic E-state index is 11.8. The number of rotatable bonds is 4. The maximum Gasteiger partial charge on any atom is 0.339 e. The smallest absolute Gasteiger partial charge is 0.339 e. The zero-order chi connectivity index (χ0) is 14.5. The average Bonchev–Trinajstić information content (AvgIpc) is 2.46. The van der Waals surface area contributed by atoms with Gasteiger partial charge in [0.25, 0.3) is 5.91 Å². The Morgan fingerprint density at radius 1 is 1.00 bits per heavy atom. The van der Waals surface area contributed by atoms with E-state index in [1.165, 1.54) is 12.1 Å². The standard InChI is InChI=1S/C15H13NO4/c17-13-11(7-4-8-12(13)15(19)20)9-16-14(18)10-5-2-1-3-6-10/h1-8,17H,9H2,(H,16,18)(H,19,20). The highest BCUT2D eigenvalue weighted by atomic mass is 16.4. The average molecular weight is 271 g/mol.